The number of rotatable bonds is 5. The third-order valence-corrected chi connectivity index (χ3v) is 7.12. The van der Waals surface area contributed by atoms with E-state index in [0.29, 0.717) is 44.2 Å². The molecule has 1 atom stereocenters. The van der Waals surface area contributed by atoms with Crippen molar-refractivity contribution in [3.05, 3.63) is 93.5 Å². The predicted octanol–water partition coefficient (Wildman–Crippen LogP) is 6.63. The Hall–Kier alpha value is -3.39. The summed E-state index contributed by atoms with van der Waals surface area (Å²) in [6.07, 6.45) is 0. The molecule has 1 aliphatic rings. The molecule has 2 heterocycles. The number of halogens is 2. The number of aliphatic hydroxyl groups is 1. The largest absolute Gasteiger partial charge is 0.507 e. The first-order valence-corrected chi connectivity index (χ1v) is 12.3. The number of nitrogens with zero attached hydrogens (tertiary/aromatic N) is 2. The summed E-state index contributed by atoms with van der Waals surface area (Å²) in [5.41, 5.74) is 1.62. The highest BCUT2D eigenvalue weighted by molar-refractivity contribution is 7.22. The molecular weight excluding hydrogens is 507 g/mol. The van der Waals surface area contributed by atoms with E-state index in [1.807, 2.05) is 6.92 Å². The van der Waals surface area contributed by atoms with Gasteiger partial charge in [-0.25, -0.2) is 4.98 Å². The van der Waals surface area contributed by atoms with Crippen molar-refractivity contribution < 1.29 is 19.4 Å². The lowest BCUT2D eigenvalue weighted by Crippen LogP contribution is -2.29. The van der Waals surface area contributed by atoms with Crippen molar-refractivity contribution >= 4 is 67.3 Å². The lowest BCUT2D eigenvalue weighted by Gasteiger charge is -2.23. The molecule has 1 aliphatic heterocycles. The van der Waals surface area contributed by atoms with Gasteiger partial charge in [-0.2, -0.15) is 0 Å². The third kappa shape index (κ3) is 4.27. The minimum absolute atomic E-state index is 0.0289. The average molecular weight is 525 g/mol. The normalized spacial score (nSPS) is 17.3. The molecule has 3 aromatic carbocycles. The van der Waals surface area contributed by atoms with E-state index in [9.17, 15) is 14.7 Å². The van der Waals surface area contributed by atoms with Crippen LogP contribution in [0.3, 0.4) is 0 Å². The molecule has 0 spiro atoms. The minimum Gasteiger partial charge on any atom is -0.507 e. The maximum absolute atomic E-state index is 13.3. The molecule has 1 amide bonds. The average Bonchev–Trinajstić information content (AvgIpc) is 3.37. The number of hydrogen-bond donors (Lipinski definition) is 1. The Labute approximate surface area is 215 Å². The van der Waals surface area contributed by atoms with Crippen LogP contribution in [0.15, 0.2) is 72.3 Å². The number of ketones is 1. The zero-order valence-corrected chi connectivity index (χ0v) is 20.7. The van der Waals surface area contributed by atoms with Crippen LogP contribution < -0.4 is 9.64 Å². The van der Waals surface area contributed by atoms with Gasteiger partial charge in [-0.1, -0.05) is 46.7 Å². The monoisotopic (exact) mass is 524 g/mol. The number of carbonyl (C=O) groups excluding carboxylic acids is 2. The summed E-state index contributed by atoms with van der Waals surface area (Å²) in [6, 6.07) is 17.8. The number of anilines is 1. The quantitative estimate of drug-likeness (QED) is 0.180. The van der Waals surface area contributed by atoms with Crippen molar-refractivity contribution in [3.8, 4) is 5.75 Å². The Bertz CT molecular complexity index is 1480. The molecule has 1 aromatic heterocycles. The Morgan fingerprint density at radius 3 is 2.40 bits per heavy atom. The lowest BCUT2D eigenvalue weighted by atomic mass is 9.95. The molecule has 35 heavy (non-hydrogen) atoms. The van der Waals surface area contributed by atoms with Gasteiger partial charge in [0.15, 0.2) is 5.13 Å². The van der Waals surface area contributed by atoms with E-state index in [0.717, 1.165) is 4.70 Å². The number of fused-ring (bicyclic) bond motifs is 1. The van der Waals surface area contributed by atoms with Gasteiger partial charge in [0, 0.05) is 15.6 Å². The fraction of sp³-hybridized carbons (Fsp3) is 0.115. The fourth-order valence-electron chi connectivity index (χ4n) is 4.01. The van der Waals surface area contributed by atoms with Crippen LogP contribution in [0.5, 0.6) is 5.75 Å². The van der Waals surface area contributed by atoms with Gasteiger partial charge in [-0.05, 0) is 67.1 Å². The van der Waals surface area contributed by atoms with Crippen LogP contribution in [0.2, 0.25) is 10.0 Å². The van der Waals surface area contributed by atoms with Gasteiger partial charge in [-0.3, -0.25) is 14.5 Å². The zero-order chi connectivity index (χ0) is 24.7. The van der Waals surface area contributed by atoms with Crippen molar-refractivity contribution in [2.45, 2.75) is 13.0 Å². The van der Waals surface area contributed by atoms with Crippen LogP contribution in [0.4, 0.5) is 5.13 Å². The van der Waals surface area contributed by atoms with E-state index in [-0.39, 0.29) is 11.3 Å². The molecule has 0 bridgehead atoms. The fourth-order valence-corrected chi connectivity index (χ4v) is 5.41. The van der Waals surface area contributed by atoms with Gasteiger partial charge in [0.2, 0.25) is 0 Å². The maximum atomic E-state index is 13.3. The van der Waals surface area contributed by atoms with Crippen LogP contribution in [0, 0.1) is 0 Å². The zero-order valence-electron chi connectivity index (χ0n) is 18.4. The molecule has 6 nitrogen and oxygen atoms in total. The summed E-state index contributed by atoms with van der Waals surface area (Å²) in [6.45, 7) is 2.39. The van der Waals surface area contributed by atoms with E-state index < -0.39 is 17.7 Å². The minimum atomic E-state index is -0.891. The second-order valence-electron chi connectivity index (χ2n) is 7.79. The molecule has 9 heteroatoms. The van der Waals surface area contributed by atoms with Gasteiger partial charge in [0.05, 0.1) is 28.4 Å². The van der Waals surface area contributed by atoms with Crippen LogP contribution >= 0.6 is 34.5 Å². The number of amides is 1. The van der Waals surface area contributed by atoms with Gasteiger partial charge < -0.3 is 9.84 Å². The molecule has 5 rings (SSSR count). The van der Waals surface area contributed by atoms with Crippen LogP contribution in [0.25, 0.3) is 16.0 Å². The number of ether oxygens (including phenoxy) is 1. The number of benzene rings is 3. The first-order valence-electron chi connectivity index (χ1n) is 10.7. The summed E-state index contributed by atoms with van der Waals surface area (Å²) in [5.74, 6) is -1.20. The summed E-state index contributed by atoms with van der Waals surface area (Å²) in [4.78, 5) is 32.5. The summed E-state index contributed by atoms with van der Waals surface area (Å²) >= 11 is 13.4. The third-order valence-electron chi connectivity index (χ3n) is 5.61. The predicted molar refractivity (Wildman–Crippen MR) is 138 cm³/mol. The first-order chi connectivity index (χ1) is 16.9. The van der Waals surface area contributed by atoms with E-state index >= 15 is 0 Å². The van der Waals surface area contributed by atoms with Crippen molar-refractivity contribution in [1.29, 1.82) is 0 Å². The molecule has 0 saturated carbocycles. The number of aliphatic hydroxyl groups excluding tert-OH is 1. The van der Waals surface area contributed by atoms with Crippen molar-refractivity contribution in [2.75, 3.05) is 11.5 Å². The SMILES string of the molecule is CCOc1ccc(C2/C(=C(\O)c3ccc(Cl)cc3)C(=O)C(=O)N2c2nc3ccc(Cl)cc3s2)cc1. The lowest BCUT2D eigenvalue weighted by molar-refractivity contribution is -0.132. The van der Waals surface area contributed by atoms with E-state index in [1.165, 1.54) is 16.2 Å². The molecule has 4 aromatic rings. The molecule has 0 radical (unpaired) electrons. The molecule has 1 saturated heterocycles. The molecule has 1 N–H and O–H groups in total. The van der Waals surface area contributed by atoms with Crippen LogP contribution in [-0.4, -0.2) is 28.4 Å². The molecular formula is C26H18Cl2N2O4S. The number of Topliss-reactive ketones (excluding diaryl/α,β-unsaturated/α-hetero) is 1. The van der Waals surface area contributed by atoms with E-state index in [2.05, 4.69) is 4.98 Å². The molecule has 176 valence electrons. The Morgan fingerprint density at radius 1 is 1.03 bits per heavy atom. The Morgan fingerprint density at radius 2 is 1.71 bits per heavy atom. The van der Waals surface area contributed by atoms with Gasteiger partial charge in [0.1, 0.15) is 11.5 Å². The van der Waals surface area contributed by atoms with E-state index in [4.69, 9.17) is 27.9 Å². The summed E-state index contributed by atoms with van der Waals surface area (Å²) in [7, 11) is 0. The van der Waals surface area contributed by atoms with Crippen LogP contribution in [0.1, 0.15) is 24.1 Å². The second kappa shape index (κ2) is 9.34. The number of aromatic nitrogens is 1. The van der Waals surface area contributed by atoms with Crippen molar-refractivity contribution in [2.24, 2.45) is 0 Å². The topological polar surface area (TPSA) is 79.7 Å². The second-order valence-corrected chi connectivity index (χ2v) is 9.67. The number of thiazole rings is 1. The Balaban J connectivity index is 1.70. The smallest absolute Gasteiger partial charge is 0.301 e. The van der Waals surface area contributed by atoms with Crippen LogP contribution in [-0.2, 0) is 9.59 Å². The highest BCUT2D eigenvalue weighted by Gasteiger charge is 2.48. The Kier molecular flexibility index (Phi) is 6.23. The summed E-state index contributed by atoms with van der Waals surface area (Å²) in [5, 5.41) is 12.5. The van der Waals surface area contributed by atoms with Gasteiger partial charge in [0.25, 0.3) is 5.78 Å². The number of carbonyl (C=O) groups is 2. The highest BCUT2D eigenvalue weighted by atomic mass is 35.5. The standard InChI is InChI=1S/C26H18Cl2N2O4S/c1-2-34-18-10-5-14(6-11-18)22-21(23(31)15-3-7-16(27)8-4-15)24(32)25(33)30(22)26-29-19-12-9-17(28)13-20(19)35-26/h3-13,22,31H,2H2,1H3/b23-21+. The van der Waals surface area contributed by atoms with Crippen molar-refractivity contribution in [3.63, 3.8) is 0 Å². The van der Waals surface area contributed by atoms with Gasteiger partial charge in [-0.15, -0.1) is 0 Å². The summed E-state index contributed by atoms with van der Waals surface area (Å²) < 4.78 is 6.31. The highest BCUT2D eigenvalue weighted by Crippen LogP contribution is 2.44. The molecule has 1 fully saturated rings. The maximum Gasteiger partial charge on any atom is 0.301 e. The van der Waals surface area contributed by atoms with Gasteiger partial charge >= 0.3 is 5.91 Å². The molecule has 1 unspecified atom stereocenters. The van der Waals surface area contributed by atoms with E-state index in [1.54, 1.807) is 66.7 Å². The first kappa shape index (κ1) is 23.4. The van der Waals surface area contributed by atoms with Crippen molar-refractivity contribution in [1.82, 2.24) is 4.98 Å². The molecule has 0 aliphatic carbocycles. The number of hydrogen-bond acceptors (Lipinski definition) is 6.